The van der Waals surface area contributed by atoms with E-state index in [-0.39, 0.29) is 23.7 Å². The Kier molecular flexibility index (Phi) is 5.72. The number of aliphatic hydroxyl groups is 1. The van der Waals surface area contributed by atoms with Crippen molar-refractivity contribution in [2.45, 2.75) is 45.6 Å². The van der Waals surface area contributed by atoms with Gasteiger partial charge < -0.3 is 10.4 Å². The van der Waals surface area contributed by atoms with Gasteiger partial charge in [-0.1, -0.05) is 32.9 Å². The summed E-state index contributed by atoms with van der Waals surface area (Å²) in [7, 11) is 0. The Bertz CT molecular complexity index is 1050. The molecule has 7 nitrogen and oxygen atoms in total. The number of carbonyl (C=O) groups is 1. The van der Waals surface area contributed by atoms with E-state index in [4.69, 9.17) is 0 Å². The molecule has 3 rings (SSSR count). The molecule has 0 aliphatic carbocycles. The zero-order chi connectivity index (χ0) is 22.1. The molecule has 0 saturated carbocycles. The molecule has 0 fully saturated rings. The first-order valence-electron chi connectivity index (χ1n) is 9.64. The number of halogens is 1. The lowest BCUT2D eigenvalue weighted by molar-refractivity contribution is 0.0869. The summed E-state index contributed by atoms with van der Waals surface area (Å²) in [6.07, 6.45) is 0. The summed E-state index contributed by atoms with van der Waals surface area (Å²) in [5.41, 5.74) is 1.35. The Labute approximate surface area is 174 Å². The van der Waals surface area contributed by atoms with Crippen molar-refractivity contribution in [1.29, 1.82) is 0 Å². The van der Waals surface area contributed by atoms with Crippen molar-refractivity contribution in [2.24, 2.45) is 0 Å². The Morgan fingerprint density at radius 2 is 1.73 bits per heavy atom. The predicted molar refractivity (Wildman–Crippen MR) is 112 cm³/mol. The van der Waals surface area contributed by atoms with Gasteiger partial charge in [0.25, 0.3) is 5.91 Å². The molecule has 0 bridgehead atoms. The fourth-order valence-electron chi connectivity index (χ4n) is 2.92. The number of amides is 1. The van der Waals surface area contributed by atoms with Crippen LogP contribution in [-0.4, -0.2) is 43.4 Å². The highest BCUT2D eigenvalue weighted by Crippen LogP contribution is 2.27. The van der Waals surface area contributed by atoms with Gasteiger partial charge in [-0.2, -0.15) is 4.68 Å². The van der Waals surface area contributed by atoms with Crippen LogP contribution < -0.4 is 5.32 Å². The molecule has 0 saturated heterocycles. The Hall–Kier alpha value is -3.13. The molecule has 0 atom stereocenters. The lowest BCUT2D eigenvalue weighted by Gasteiger charge is -2.24. The highest BCUT2D eigenvalue weighted by Gasteiger charge is 2.25. The van der Waals surface area contributed by atoms with Crippen LogP contribution >= 0.6 is 0 Å². The number of aliphatic hydroxyl groups excluding tert-OH is 1. The van der Waals surface area contributed by atoms with Crippen molar-refractivity contribution in [3.05, 3.63) is 59.7 Å². The molecular formula is C22H26FN5O2. The third-order valence-electron chi connectivity index (χ3n) is 4.59. The first kappa shape index (κ1) is 21.6. The molecule has 8 heteroatoms. The van der Waals surface area contributed by atoms with Gasteiger partial charge in [0.05, 0.1) is 17.8 Å². The minimum atomic E-state index is -0.783. The van der Waals surface area contributed by atoms with E-state index in [1.807, 2.05) is 26.8 Å². The van der Waals surface area contributed by atoms with Gasteiger partial charge in [0.2, 0.25) is 0 Å². The van der Waals surface area contributed by atoms with Crippen LogP contribution in [0.4, 0.5) is 4.39 Å². The molecule has 3 aromatic rings. The first-order valence-corrected chi connectivity index (χ1v) is 9.64. The summed E-state index contributed by atoms with van der Waals surface area (Å²) >= 11 is 0. The minimum Gasteiger partial charge on any atom is -0.394 e. The van der Waals surface area contributed by atoms with E-state index in [1.165, 1.54) is 12.1 Å². The highest BCUT2D eigenvalue weighted by molar-refractivity contribution is 5.96. The molecule has 1 aromatic heterocycles. The normalized spacial score (nSPS) is 12.1. The van der Waals surface area contributed by atoms with Gasteiger partial charge in [-0.3, -0.25) is 4.79 Å². The molecule has 0 radical (unpaired) electrons. The molecular weight excluding hydrogens is 385 g/mol. The summed E-state index contributed by atoms with van der Waals surface area (Å²) in [5.74, 6) is -0.0430. The summed E-state index contributed by atoms with van der Waals surface area (Å²) in [6, 6.07) is 11.3. The largest absolute Gasteiger partial charge is 0.394 e. The Morgan fingerprint density at radius 3 is 2.33 bits per heavy atom. The van der Waals surface area contributed by atoms with Crippen LogP contribution in [-0.2, 0) is 5.41 Å². The lowest BCUT2D eigenvalue weighted by Crippen LogP contribution is -2.46. The minimum absolute atomic E-state index is 0.204. The van der Waals surface area contributed by atoms with Crippen LogP contribution in [0.15, 0.2) is 42.5 Å². The molecule has 0 unspecified atom stereocenters. The van der Waals surface area contributed by atoms with E-state index in [2.05, 4.69) is 20.8 Å². The van der Waals surface area contributed by atoms with Crippen LogP contribution in [0.2, 0.25) is 0 Å². The standard InChI is InChI=1S/C22H26FN5O2/c1-21(2,3)20-25-26-27-28(20)18-11-15(14-6-8-17(23)9-7-14)10-16(12-18)19(30)24-22(4,5)13-29/h6-12,29H,13H2,1-5H3,(H,24,30). The number of benzene rings is 2. The first-order chi connectivity index (χ1) is 14.0. The quantitative estimate of drug-likeness (QED) is 0.672. The molecule has 0 spiro atoms. The van der Waals surface area contributed by atoms with Crippen LogP contribution in [0.1, 0.15) is 50.8 Å². The second-order valence-electron chi connectivity index (χ2n) is 8.94. The topological polar surface area (TPSA) is 92.9 Å². The molecule has 0 aliphatic heterocycles. The smallest absolute Gasteiger partial charge is 0.251 e. The fraction of sp³-hybridized carbons (Fsp3) is 0.364. The molecule has 2 aromatic carbocycles. The number of carbonyl (C=O) groups excluding carboxylic acids is 1. The molecule has 30 heavy (non-hydrogen) atoms. The van der Waals surface area contributed by atoms with Crippen LogP contribution in [0.25, 0.3) is 16.8 Å². The molecule has 0 aliphatic rings. The van der Waals surface area contributed by atoms with Gasteiger partial charge in [-0.05, 0) is 65.7 Å². The van der Waals surface area contributed by atoms with Crippen LogP contribution in [0, 0.1) is 5.82 Å². The van der Waals surface area contributed by atoms with E-state index in [1.54, 1.807) is 42.8 Å². The summed E-state index contributed by atoms with van der Waals surface area (Å²) in [4.78, 5) is 12.9. The zero-order valence-electron chi connectivity index (χ0n) is 17.8. The second kappa shape index (κ2) is 7.95. The van der Waals surface area contributed by atoms with E-state index < -0.39 is 5.54 Å². The average molecular weight is 411 g/mol. The van der Waals surface area contributed by atoms with Gasteiger partial charge >= 0.3 is 0 Å². The van der Waals surface area contributed by atoms with Gasteiger partial charge in [-0.15, -0.1) is 5.10 Å². The zero-order valence-corrected chi connectivity index (χ0v) is 17.8. The SMILES string of the molecule is CC(C)(CO)NC(=O)c1cc(-c2ccc(F)cc2)cc(-n2nnnc2C(C)(C)C)c1. The predicted octanol–water partition coefficient (Wildman–Crippen LogP) is 3.27. The summed E-state index contributed by atoms with van der Waals surface area (Å²) in [6.45, 7) is 9.25. The number of tetrazole rings is 1. The summed E-state index contributed by atoms with van der Waals surface area (Å²) in [5, 5.41) is 24.4. The monoisotopic (exact) mass is 411 g/mol. The highest BCUT2D eigenvalue weighted by atomic mass is 19.1. The van der Waals surface area contributed by atoms with Crippen LogP contribution in [0.5, 0.6) is 0 Å². The third kappa shape index (κ3) is 4.71. The van der Waals surface area contributed by atoms with Gasteiger partial charge in [-0.25, -0.2) is 4.39 Å². The number of nitrogens with one attached hydrogen (secondary N) is 1. The van der Waals surface area contributed by atoms with Crippen LogP contribution in [0.3, 0.4) is 0 Å². The maximum Gasteiger partial charge on any atom is 0.251 e. The van der Waals surface area contributed by atoms with E-state index in [0.717, 1.165) is 11.1 Å². The second-order valence-corrected chi connectivity index (χ2v) is 8.94. The average Bonchev–Trinajstić information content (AvgIpc) is 3.18. The van der Waals surface area contributed by atoms with Crippen molar-refractivity contribution in [1.82, 2.24) is 25.5 Å². The van der Waals surface area contributed by atoms with E-state index >= 15 is 0 Å². The van der Waals surface area contributed by atoms with Crippen molar-refractivity contribution in [3.8, 4) is 16.8 Å². The van der Waals surface area contributed by atoms with Crippen molar-refractivity contribution in [2.75, 3.05) is 6.61 Å². The Balaban J connectivity index is 2.15. The summed E-state index contributed by atoms with van der Waals surface area (Å²) < 4.78 is 15.0. The number of hydrogen-bond acceptors (Lipinski definition) is 5. The van der Waals surface area contributed by atoms with Crippen molar-refractivity contribution >= 4 is 5.91 Å². The van der Waals surface area contributed by atoms with E-state index in [0.29, 0.717) is 17.1 Å². The number of nitrogens with zero attached hydrogens (tertiary/aromatic N) is 4. The molecule has 158 valence electrons. The van der Waals surface area contributed by atoms with E-state index in [9.17, 15) is 14.3 Å². The van der Waals surface area contributed by atoms with Crippen molar-refractivity contribution in [3.63, 3.8) is 0 Å². The molecule has 2 N–H and O–H groups in total. The maximum absolute atomic E-state index is 13.4. The number of rotatable bonds is 5. The molecule has 1 heterocycles. The third-order valence-corrected chi connectivity index (χ3v) is 4.59. The molecule has 1 amide bonds. The van der Waals surface area contributed by atoms with Gasteiger partial charge in [0.1, 0.15) is 5.82 Å². The Morgan fingerprint density at radius 1 is 1.07 bits per heavy atom. The fourth-order valence-corrected chi connectivity index (χ4v) is 2.92. The number of aromatic nitrogens is 4. The lowest BCUT2D eigenvalue weighted by atomic mass is 9.95. The maximum atomic E-state index is 13.4. The number of hydrogen-bond donors (Lipinski definition) is 2. The van der Waals surface area contributed by atoms with Crippen molar-refractivity contribution < 1.29 is 14.3 Å². The van der Waals surface area contributed by atoms with Gasteiger partial charge in [0, 0.05) is 11.0 Å². The van der Waals surface area contributed by atoms with Gasteiger partial charge in [0.15, 0.2) is 5.82 Å².